The number of anilines is 2. The summed E-state index contributed by atoms with van der Waals surface area (Å²) in [6.07, 6.45) is 3.53. The number of benzene rings is 1. The van der Waals surface area contributed by atoms with Crippen LogP contribution in [0.5, 0.6) is 0 Å². The lowest BCUT2D eigenvalue weighted by Crippen LogP contribution is -2.10. The lowest BCUT2D eigenvalue weighted by atomic mass is 10.2. The molecule has 3 nitrogen and oxygen atoms in total. The molecule has 0 bridgehead atoms. The van der Waals surface area contributed by atoms with Crippen LogP contribution in [0.4, 0.5) is 11.4 Å². The van der Waals surface area contributed by atoms with Gasteiger partial charge in [-0.15, -0.1) is 0 Å². The van der Waals surface area contributed by atoms with E-state index in [1.54, 1.807) is 12.4 Å². The number of rotatable bonds is 1. The highest BCUT2D eigenvalue weighted by atomic mass is 16.7. The Hall–Kier alpha value is -1.87. The van der Waals surface area contributed by atoms with Gasteiger partial charge in [-0.2, -0.15) is 0 Å². The van der Waals surface area contributed by atoms with E-state index in [4.69, 9.17) is 4.84 Å². The number of pyridine rings is 1. The van der Waals surface area contributed by atoms with E-state index in [0.29, 0.717) is 6.61 Å². The maximum absolute atomic E-state index is 5.62. The molecule has 0 aliphatic carbocycles. The third kappa shape index (κ3) is 1.37. The third-order valence-corrected chi connectivity index (χ3v) is 2.46. The molecule has 0 atom stereocenters. The maximum Gasteiger partial charge on any atom is 0.102 e. The van der Waals surface area contributed by atoms with Crippen LogP contribution in [-0.2, 0) is 11.4 Å². The minimum Gasteiger partial charge on any atom is -0.265 e. The van der Waals surface area contributed by atoms with Gasteiger partial charge < -0.3 is 0 Å². The molecule has 2 heterocycles. The molecule has 74 valence electrons. The summed E-state index contributed by atoms with van der Waals surface area (Å²) in [5, 5.41) is 1.84. The van der Waals surface area contributed by atoms with Gasteiger partial charge in [0.25, 0.3) is 0 Å². The van der Waals surface area contributed by atoms with Crippen molar-refractivity contribution in [3.8, 4) is 0 Å². The fraction of sp³-hybridized carbons (Fsp3) is 0.0833. The van der Waals surface area contributed by atoms with E-state index in [1.165, 1.54) is 5.56 Å². The van der Waals surface area contributed by atoms with Gasteiger partial charge in [0.05, 0.1) is 11.4 Å². The van der Waals surface area contributed by atoms with Crippen LogP contribution in [0.25, 0.3) is 0 Å². The Morgan fingerprint density at radius 2 is 1.87 bits per heavy atom. The van der Waals surface area contributed by atoms with Crippen molar-refractivity contribution in [2.75, 3.05) is 5.06 Å². The van der Waals surface area contributed by atoms with Gasteiger partial charge in [-0.25, -0.2) is 5.06 Å². The summed E-state index contributed by atoms with van der Waals surface area (Å²) in [4.78, 5) is 9.61. The molecule has 0 spiro atoms. The molecule has 1 aromatic heterocycles. The summed E-state index contributed by atoms with van der Waals surface area (Å²) < 4.78 is 0. The first-order valence-corrected chi connectivity index (χ1v) is 4.86. The molecule has 0 saturated carbocycles. The largest absolute Gasteiger partial charge is 0.265 e. The zero-order valence-electron chi connectivity index (χ0n) is 8.13. The molecule has 0 fully saturated rings. The average molecular weight is 198 g/mol. The van der Waals surface area contributed by atoms with E-state index in [2.05, 4.69) is 17.1 Å². The minimum absolute atomic E-state index is 0.637. The monoisotopic (exact) mass is 198 g/mol. The SMILES string of the molecule is c1ccc2c(c1)CON2c1ccncc1. The summed E-state index contributed by atoms with van der Waals surface area (Å²) in [7, 11) is 0. The van der Waals surface area contributed by atoms with Gasteiger partial charge in [0.15, 0.2) is 0 Å². The van der Waals surface area contributed by atoms with Crippen molar-refractivity contribution in [1.82, 2.24) is 4.98 Å². The van der Waals surface area contributed by atoms with Crippen LogP contribution in [0.2, 0.25) is 0 Å². The fourth-order valence-corrected chi connectivity index (χ4v) is 1.73. The summed E-state index contributed by atoms with van der Waals surface area (Å²) in [5.41, 5.74) is 3.34. The molecule has 1 aliphatic heterocycles. The Morgan fingerprint density at radius 1 is 1.07 bits per heavy atom. The second kappa shape index (κ2) is 3.37. The smallest absolute Gasteiger partial charge is 0.102 e. The zero-order valence-corrected chi connectivity index (χ0v) is 8.13. The molecule has 1 aromatic carbocycles. The quantitative estimate of drug-likeness (QED) is 0.704. The van der Waals surface area contributed by atoms with Crippen LogP contribution in [-0.4, -0.2) is 4.98 Å². The summed E-state index contributed by atoms with van der Waals surface area (Å²) >= 11 is 0. The van der Waals surface area contributed by atoms with Crippen LogP contribution in [0.1, 0.15) is 5.56 Å². The van der Waals surface area contributed by atoms with Crippen molar-refractivity contribution in [1.29, 1.82) is 0 Å². The van der Waals surface area contributed by atoms with E-state index in [0.717, 1.165) is 11.4 Å². The van der Waals surface area contributed by atoms with Crippen LogP contribution < -0.4 is 5.06 Å². The highest BCUT2D eigenvalue weighted by molar-refractivity contribution is 5.65. The second-order valence-corrected chi connectivity index (χ2v) is 3.40. The van der Waals surface area contributed by atoms with Gasteiger partial charge >= 0.3 is 0 Å². The highest BCUT2D eigenvalue weighted by Crippen LogP contribution is 2.34. The van der Waals surface area contributed by atoms with E-state index in [-0.39, 0.29) is 0 Å². The molecule has 3 rings (SSSR count). The number of aromatic nitrogens is 1. The summed E-state index contributed by atoms with van der Waals surface area (Å²) in [5.74, 6) is 0. The fourth-order valence-electron chi connectivity index (χ4n) is 1.73. The van der Waals surface area contributed by atoms with E-state index in [9.17, 15) is 0 Å². The van der Waals surface area contributed by atoms with Crippen molar-refractivity contribution in [3.05, 3.63) is 54.4 Å². The highest BCUT2D eigenvalue weighted by Gasteiger charge is 2.20. The van der Waals surface area contributed by atoms with Gasteiger partial charge in [0.1, 0.15) is 6.61 Å². The molecule has 0 N–H and O–H groups in total. The Bertz CT molecular complexity index is 470. The number of hydrogen-bond acceptors (Lipinski definition) is 3. The molecule has 0 saturated heterocycles. The molecule has 1 aliphatic rings. The lowest BCUT2D eigenvalue weighted by Gasteiger charge is -2.16. The molecule has 2 aromatic rings. The second-order valence-electron chi connectivity index (χ2n) is 3.40. The first-order valence-electron chi connectivity index (χ1n) is 4.86. The summed E-state index contributed by atoms with van der Waals surface area (Å²) in [6.45, 7) is 0.637. The normalized spacial score (nSPS) is 14.0. The zero-order chi connectivity index (χ0) is 10.1. The van der Waals surface area contributed by atoms with Crippen LogP contribution in [0.3, 0.4) is 0 Å². The Morgan fingerprint density at radius 3 is 2.73 bits per heavy atom. The van der Waals surface area contributed by atoms with Crippen molar-refractivity contribution < 1.29 is 4.84 Å². The third-order valence-electron chi connectivity index (χ3n) is 2.46. The standard InChI is InChI=1S/C12H10N2O/c1-2-4-12-10(3-1)9-15-14(12)11-5-7-13-8-6-11/h1-8H,9H2. The summed E-state index contributed by atoms with van der Waals surface area (Å²) in [6, 6.07) is 12.0. The number of hydrogen-bond donors (Lipinski definition) is 0. The van der Waals surface area contributed by atoms with Crippen molar-refractivity contribution in [2.45, 2.75) is 6.61 Å². The van der Waals surface area contributed by atoms with Gasteiger partial charge in [-0.3, -0.25) is 9.82 Å². The molecule has 0 amide bonds. The molecular weight excluding hydrogens is 188 g/mol. The predicted octanol–water partition coefficient (Wildman–Crippen LogP) is 2.66. The minimum atomic E-state index is 0.637. The molecule has 15 heavy (non-hydrogen) atoms. The van der Waals surface area contributed by atoms with Gasteiger partial charge in [0.2, 0.25) is 0 Å². The van der Waals surface area contributed by atoms with Gasteiger partial charge in [0, 0.05) is 18.0 Å². The molecule has 3 heteroatoms. The maximum atomic E-state index is 5.62. The topological polar surface area (TPSA) is 25.4 Å². The Kier molecular flexibility index (Phi) is 1.89. The number of para-hydroxylation sites is 1. The Labute approximate surface area is 87.9 Å². The van der Waals surface area contributed by atoms with Crippen molar-refractivity contribution in [2.24, 2.45) is 0 Å². The lowest BCUT2D eigenvalue weighted by molar-refractivity contribution is 0.145. The predicted molar refractivity (Wildman–Crippen MR) is 57.6 cm³/mol. The Balaban J connectivity index is 2.05. The van der Waals surface area contributed by atoms with E-state index >= 15 is 0 Å². The van der Waals surface area contributed by atoms with E-state index in [1.807, 2.05) is 29.3 Å². The number of fused-ring (bicyclic) bond motifs is 1. The van der Waals surface area contributed by atoms with E-state index < -0.39 is 0 Å². The van der Waals surface area contributed by atoms with Crippen molar-refractivity contribution >= 4 is 11.4 Å². The molecular formula is C12H10N2O. The van der Waals surface area contributed by atoms with Gasteiger partial charge in [-0.05, 0) is 18.2 Å². The first kappa shape index (κ1) is 8.44. The first-order chi connectivity index (χ1) is 7.45. The van der Waals surface area contributed by atoms with Crippen LogP contribution in [0, 0.1) is 0 Å². The average Bonchev–Trinajstić information content (AvgIpc) is 2.74. The van der Waals surface area contributed by atoms with Crippen LogP contribution >= 0.6 is 0 Å². The van der Waals surface area contributed by atoms with Crippen molar-refractivity contribution in [3.63, 3.8) is 0 Å². The number of nitrogens with zero attached hydrogens (tertiary/aromatic N) is 2. The molecule has 0 unspecified atom stereocenters. The van der Waals surface area contributed by atoms with Crippen LogP contribution in [0.15, 0.2) is 48.8 Å². The molecule has 0 radical (unpaired) electrons. The van der Waals surface area contributed by atoms with Gasteiger partial charge in [-0.1, -0.05) is 18.2 Å².